The molecule has 5 nitrogen and oxygen atoms in total. The molecule has 0 fully saturated rings. The lowest BCUT2D eigenvalue weighted by molar-refractivity contribution is 0.210. The van der Waals surface area contributed by atoms with Crippen molar-refractivity contribution in [2.75, 3.05) is 13.2 Å². The van der Waals surface area contributed by atoms with Gasteiger partial charge in [0.2, 0.25) is 0 Å². The van der Waals surface area contributed by atoms with E-state index in [1.807, 2.05) is 42.5 Å². The predicted molar refractivity (Wildman–Crippen MR) is 85.8 cm³/mol. The predicted octanol–water partition coefficient (Wildman–Crippen LogP) is 2.42. The number of para-hydroxylation sites is 2. The van der Waals surface area contributed by atoms with Gasteiger partial charge in [-0.05, 0) is 17.7 Å². The van der Waals surface area contributed by atoms with Crippen molar-refractivity contribution in [1.82, 2.24) is 10.6 Å². The van der Waals surface area contributed by atoms with E-state index in [1.165, 1.54) is 5.56 Å². The van der Waals surface area contributed by atoms with Gasteiger partial charge < -0.3 is 20.1 Å². The second-order valence-corrected chi connectivity index (χ2v) is 5.81. The van der Waals surface area contributed by atoms with Crippen molar-refractivity contribution in [3.8, 4) is 11.5 Å². The van der Waals surface area contributed by atoms with E-state index >= 15 is 0 Å². The molecule has 0 aliphatic carbocycles. The molecule has 0 radical (unpaired) electrons. The summed E-state index contributed by atoms with van der Waals surface area (Å²) in [5.74, 6) is 1.75. The maximum Gasteiger partial charge on any atom is 0.315 e. The molecule has 2 aliphatic rings. The first-order chi connectivity index (χ1) is 11.3. The summed E-state index contributed by atoms with van der Waals surface area (Å²) in [6, 6.07) is 15.4. The highest BCUT2D eigenvalue weighted by Crippen LogP contribution is 2.31. The van der Waals surface area contributed by atoms with Crippen LogP contribution in [0.2, 0.25) is 0 Å². The molecule has 118 valence electrons. The van der Waals surface area contributed by atoms with Gasteiger partial charge in [0.1, 0.15) is 24.2 Å². The van der Waals surface area contributed by atoms with Crippen LogP contribution in [-0.2, 0) is 6.42 Å². The van der Waals surface area contributed by atoms with Crippen molar-refractivity contribution in [2.45, 2.75) is 18.6 Å². The molecule has 23 heavy (non-hydrogen) atoms. The molecule has 2 aromatic rings. The molecule has 2 aromatic carbocycles. The number of rotatable bonds is 3. The standard InChI is InChI=1S/C18H18N2O3/c21-18(20-15-11-22-17-8-4-2-6-14(15)17)19-10-13-9-12-5-1-3-7-16(12)23-13/h1-8,13,15H,9-11H2,(H2,19,20,21)/t13-,15+/m1/s1. The number of ether oxygens (including phenoxy) is 2. The van der Waals surface area contributed by atoms with Gasteiger partial charge in [-0.25, -0.2) is 4.79 Å². The van der Waals surface area contributed by atoms with Gasteiger partial charge in [0.15, 0.2) is 0 Å². The highest BCUT2D eigenvalue weighted by Gasteiger charge is 2.26. The average Bonchev–Trinajstić information content (AvgIpc) is 3.17. The number of fused-ring (bicyclic) bond motifs is 2. The second kappa shape index (κ2) is 5.83. The molecule has 2 atom stereocenters. The van der Waals surface area contributed by atoms with Crippen molar-refractivity contribution in [3.05, 3.63) is 59.7 Å². The Morgan fingerprint density at radius 3 is 2.74 bits per heavy atom. The lowest BCUT2D eigenvalue weighted by Crippen LogP contribution is -2.42. The molecule has 0 saturated carbocycles. The van der Waals surface area contributed by atoms with Gasteiger partial charge in [0.25, 0.3) is 0 Å². The number of hydrogen-bond acceptors (Lipinski definition) is 3. The summed E-state index contributed by atoms with van der Waals surface area (Å²) < 4.78 is 11.4. The van der Waals surface area contributed by atoms with Crippen LogP contribution in [0.25, 0.3) is 0 Å². The van der Waals surface area contributed by atoms with E-state index in [9.17, 15) is 4.79 Å². The molecule has 2 N–H and O–H groups in total. The minimum Gasteiger partial charge on any atom is -0.491 e. The molecule has 0 unspecified atom stereocenters. The number of benzene rings is 2. The molecule has 2 heterocycles. The van der Waals surface area contributed by atoms with Crippen LogP contribution in [-0.4, -0.2) is 25.3 Å². The molecule has 4 rings (SSSR count). The smallest absolute Gasteiger partial charge is 0.315 e. The van der Waals surface area contributed by atoms with E-state index in [4.69, 9.17) is 9.47 Å². The molecule has 0 bridgehead atoms. The Kier molecular flexibility index (Phi) is 3.54. The average molecular weight is 310 g/mol. The fraction of sp³-hybridized carbons (Fsp3) is 0.278. The van der Waals surface area contributed by atoms with E-state index < -0.39 is 0 Å². The molecule has 0 saturated heterocycles. The Balaban J connectivity index is 1.29. The third-order valence-corrected chi connectivity index (χ3v) is 4.21. The molecule has 0 spiro atoms. The van der Waals surface area contributed by atoms with Crippen molar-refractivity contribution >= 4 is 6.03 Å². The Labute approximate surface area is 134 Å². The maximum atomic E-state index is 12.1. The summed E-state index contributed by atoms with van der Waals surface area (Å²) >= 11 is 0. The van der Waals surface area contributed by atoms with Gasteiger partial charge in [-0.15, -0.1) is 0 Å². The molecule has 0 aromatic heterocycles. The van der Waals surface area contributed by atoms with Gasteiger partial charge in [-0.3, -0.25) is 0 Å². The van der Waals surface area contributed by atoms with E-state index in [0.717, 1.165) is 23.5 Å². The summed E-state index contributed by atoms with van der Waals surface area (Å²) in [6.07, 6.45) is 0.816. The first-order valence-electron chi connectivity index (χ1n) is 7.80. The Morgan fingerprint density at radius 2 is 1.87 bits per heavy atom. The lowest BCUT2D eigenvalue weighted by Gasteiger charge is -2.15. The molecular formula is C18H18N2O3. The normalized spacial score (nSPS) is 20.9. The fourth-order valence-corrected chi connectivity index (χ4v) is 3.07. The van der Waals surface area contributed by atoms with Crippen molar-refractivity contribution in [3.63, 3.8) is 0 Å². The third-order valence-electron chi connectivity index (χ3n) is 4.21. The molecule has 2 aliphatic heterocycles. The Hall–Kier alpha value is -2.69. The first-order valence-corrected chi connectivity index (χ1v) is 7.80. The number of carbonyl (C=O) groups excluding carboxylic acids is 1. The summed E-state index contributed by atoms with van der Waals surface area (Å²) in [5, 5.41) is 5.84. The Morgan fingerprint density at radius 1 is 1.09 bits per heavy atom. The number of hydrogen-bond donors (Lipinski definition) is 2. The summed E-state index contributed by atoms with van der Waals surface area (Å²) in [6.45, 7) is 0.952. The van der Waals surface area contributed by atoms with Gasteiger partial charge >= 0.3 is 6.03 Å². The number of carbonyl (C=O) groups is 1. The zero-order valence-electron chi connectivity index (χ0n) is 12.6. The molecule has 5 heteroatoms. The van der Waals surface area contributed by atoms with Crippen molar-refractivity contribution < 1.29 is 14.3 Å². The van der Waals surface area contributed by atoms with E-state index in [1.54, 1.807) is 0 Å². The summed E-state index contributed by atoms with van der Waals surface area (Å²) in [4.78, 5) is 12.1. The van der Waals surface area contributed by atoms with Crippen molar-refractivity contribution in [1.29, 1.82) is 0 Å². The van der Waals surface area contributed by atoms with Gasteiger partial charge in [-0.2, -0.15) is 0 Å². The van der Waals surface area contributed by atoms with E-state index in [-0.39, 0.29) is 18.2 Å². The van der Waals surface area contributed by atoms with Crippen LogP contribution in [0.1, 0.15) is 17.2 Å². The monoisotopic (exact) mass is 310 g/mol. The summed E-state index contributed by atoms with van der Waals surface area (Å²) in [5.41, 5.74) is 2.21. The minimum atomic E-state index is -0.199. The fourth-order valence-electron chi connectivity index (χ4n) is 3.07. The number of amides is 2. The Bertz CT molecular complexity index is 707. The largest absolute Gasteiger partial charge is 0.491 e. The van der Waals surface area contributed by atoms with Crippen LogP contribution < -0.4 is 20.1 Å². The van der Waals surface area contributed by atoms with Gasteiger partial charge in [-0.1, -0.05) is 36.4 Å². The lowest BCUT2D eigenvalue weighted by atomic mass is 10.1. The van der Waals surface area contributed by atoms with Crippen molar-refractivity contribution in [2.24, 2.45) is 0 Å². The van der Waals surface area contributed by atoms with E-state index in [2.05, 4.69) is 16.7 Å². The third kappa shape index (κ3) is 2.82. The number of nitrogens with one attached hydrogen (secondary N) is 2. The molecule has 2 amide bonds. The van der Waals surface area contributed by atoms with Crippen LogP contribution >= 0.6 is 0 Å². The molecular weight excluding hydrogens is 292 g/mol. The quantitative estimate of drug-likeness (QED) is 0.915. The number of urea groups is 1. The van der Waals surface area contributed by atoms with Crippen LogP contribution in [0.3, 0.4) is 0 Å². The first kappa shape index (κ1) is 13.9. The second-order valence-electron chi connectivity index (χ2n) is 5.81. The summed E-state index contributed by atoms with van der Waals surface area (Å²) in [7, 11) is 0. The zero-order chi connectivity index (χ0) is 15.6. The highest BCUT2D eigenvalue weighted by molar-refractivity contribution is 5.74. The highest BCUT2D eigenvalue weighted by atomic mass is 16.5. The van der Waals surface area contributed by atoms with Crippen LogP contribution in [0.4, 0.5) is 4.79 Å². The topological polar surface area (TPSA) is 59.6 Å². The SMILES string of the molecule is O=C(NC[C@H]1Cc2ccccc2O1)N[C@H]1COc2ccccc21. The van der Waals surface area contributed by atoms with E-state index in [0.29, 0.717) is 13.2 Å². The zero-order valence-corrected chi connectivity index (χ0v) is 12.6. The van der Waals surface area contributed by atoms with Gasteiger partial charge in [0, 0.05) is 12.0 Å². The van der Waals surface area contributed by atoms with Crippen LogP contribution in [0.5, 0.6) is 11.5 Å². The van der Waals surface area contributed by atoms with Gasteiger partial charge in [0.05, 0.1) is 12.6 Å². The maximum absolute atomic E-state index is 12.1. The van der Waals surface area contributed by atoms with Crippen LogP contribution in [0.15, 0.2) is 48.5 Å². The van der Waals surface area contributed by atoms with Crippen LogP contribution in [0, 0.1) is 0 Å². The minimum absolute atomic E-state index is 0.00901.